The van der Waals surface area contributed by atoms with Crippen LogP contribution < -0.4 is 5.32 Å². The average molecular weight is 288 g/mol. The SMILES string of the molecule is CC(C)COCC(O)CNCc1cccc2cccnc12. The van der Waals surface area contributed by atoms with Crippen molar-refractivity contribution in [2.45, 2.75) is 26.5 Å². The van der Waals surface area contributed by atoms with Crippen molar-refractivity contribution in [1.82, 2.24) is 10.3 Å². The highest BCUT2D eigenvalue weighted by atomic mass is 16.5. The number of nitrogens with one attached hydrogen (secondary N) is 1. The number of hydrogen-bond donors (Lipinski definition) is 2. The number of pyridine rings is 1. The fourth-order valence-electron chi connectivity index (χ4n) is 2.18. The van der Waals surface area contributed by atoms with Crippen molar-refractivity contribution in [1.29, 1.82) is 0 Å². The summed E-state index contributed by atoms with van der Waals surface area (Å²) in [6, 6.07) is 10.1. The van der Waals surface area contributed by atoms with Gasteiger partial charge in [-0.15, -0.1) is 0 Å². The molecule has 1 heterocycles. The number of hydrogen-bond acceptors (Lipinski definition) is 4. The zero-order valence-electron chi connectivity index (χ0n) is 12.7. The number of aliphatic hydroxyl groups excluding tert-OH is 1. The number of ether oxygens (including phenoxy) is 1. The molecule has 4 nitrogen and oxygen atoms in total. The van der Waals surface area contributed by atoms with Crippen LogP contribution in [0.1, 0.15) is 19.4 Å². The summed E-state index contributed by atoms with van der Waals surface area (Å²) in [5, 5.41) is 14.2. The molecule has 0 bridgehead atoms. The van der Waals surface area contributed by atoms with Crippen LogP contribution in [0.2, 0.25) is 0 Å². The summed E-state index contributed by atoms with van der Waals surface area (Å²) >= 11 is 0. The molecule has 0 fully saturated rings. The van der Waals surface area contributed by atoms with Gasteiger partial charge in [0.15, 0.2) is 0 Å². The molecule has 1 aromatic carbocycles. The maximum atomic E-state index is 9.85. The van der Waals surface area contributed by atoms with E-state index in [1.165, 1.54) is 0 Å². The predicted octanol–water partition coefficient (Wildman–Crippen LogP) is 2.36. The molecular weight excluding hydrogens is 264 g/mol. The Hall–Kier alpha value is -1.49. The van der Waals surface area contributed by atoms with Gasteiger partial charge >= 0.3 is 0 Å². The van der Waals surface area contributed by atoms with Gasteiger partial charge in [0.05, 0.1) is 18.2 Å². The molecule has 114 valence electrons. The fourth-order valence-corrected chi connectivity index (χ4v) is 2.18. The van der Waals surface area contributed by atoms with E-state index >= 15 is 0 Å². The van der Waals surface area contributed by atoms with E-state index in [4.69, 9.17) is 4.74 Å². The highest BCUT2D eigenvalue weighted by Crippen LogP contribution is 2.15. The van der Waals surface area contributed by atoms with E-state index in [-0.39, 0.29) is 0 Å². The molecular formula is C17H24N2O2. The van der Waals surface area contributed by atoms with Crippen molar-refractivity contribution in [2.75, 3.05) is 19.8 Å². The Balaban J connectivity index is 1.80. The van der Waals surface area contributed by atoms with Crippen molar-refractivity contribution in [3.8, 4) is 0 Å². The van der Waals surface area contributed by atoms with Gasteiger partial charge in [-0.1, -0.05) is 38.1 Å². The van der Waals surface area contributed by atoms with E-state index in [0.717, 1.165) is 16.5 Å². The monoisotopic (exact) mass is 288 g/mol. The number of aliphatic hydroxyl groups is 1. The van der Waals surface area contributed by atoms with Gasteiger partial charge < -0.3 is 15.2 Å². The van der Waals surface area contributed by atoms with Gasteiger partial charge in [-0.05, 0) is 17.5 Å². The van der Waals surface area contributed by atoms with E-state index in [1.807, 2.05) is 12.1 Å². The third-order valence-electron chi connectivity index (χ3n) is 3.17. The van der Waals surface area contributed by atoms with Crippen LogP contribution in [-0.2, 0) is 11.3 Å². The van der Waals surface area contributed by atoms with E-state index in [2.05, 4.69) is 42.3 Å². The molecule has 0 saturated heterocycles. The van der Waals surface area contributed by atoms with Gasteiger partial charge in [-0.2, -0.15) is 0 Å². The topological polar surface area (TPSA) is 54.4 Å². The van der Waals surface area contributed by atoms with Gasteiger partial charge in [0, 0.05) is 31.3 Å². The van der Waals surface area contributed by atoms with Crippen LogP contribution in [0.15, 0.2) is 36.5 Å². The largest absolute Gasteiger partial charge is 0.389 e. The lowest BCUT2D eigenvalue weighted by molar-refractivity contribution is 0.0260. The molecule has 4 heteroatoms. The van der Waals surface area contributed by atoms with Crippen LogP contribution in [-0.4, -0.2) is 36.0 Å². The Morgan fingerprint density at radius 3 is 2.81 bits per heavy atom. The summed E-state index contributed by atoms with van der Waals surface area (Å²) in [6.45, 7) is 6.45. The first-order chi connectivity index (χ1) is 10.2. The zero-order chi connectivity index (χ0) is 15.1. The summed E-state index contributed by atoms with van der Waals surface area (Å²) in [4.78, 5) is 4.42. The highest BCUT2D eigenvalue weighted by Gasteiger charge is 2.06. The first-order valence-corrected chi connectivity index (χ1v) is 7.46. The molecule has 0 amide bonds. The number of aromatic nitrogens is 1. The number of rotatable bonds is 8. The summed E-state index contributed by atoms with van der Waals surface area (Å²) in [6.07, 6.45) is 1.33. The Kier molecular flexibility index (Phi) is 6.11. The summed E-state index contributed by atoms with van der Waals surface area (Å²) in [5.74, 6) is 0.493. The van der Waals surface area contributed by atoms with Crippen molar-refractivity contribution in [3.63, 3.8) is 0 Å². The quantitative estimate of drug-likeness (QED) is 0.783. The van der Waals surface area contributed by atoms with Gasteiger partial charge in [0.1, 0.15) is 0 Å². The van der Waals surface area contributed by atoms with Crippen LogP contribution in [0, 0.1) is 5.92 Å². The minimum atomic E-state index is -0.480. The summed E-state index contributed by atoms with van der Waals surface area (Å²) in [5.41, 5.74) is 2.15. The van der Waals surface area contributed by atoms with E-state index in [0.29, 0.717) is 32.2 Å². The fraction of sp³-hybridized carbons (Fsp3) is 0.471. The Morgan fingerprint density at radius 2 is 2.00 bits per heavy atom. The second kappa shape index (κ2) is 8.08. The number of nitrogens with zero attached hydrogens (tertiary/aromatic N) is 1. The molecule has 1 atom stereocenters. The molecule has 2 aromatic rings. The molecule has 1 aromatic heterocycles. The Bertz CT molecular complexity index is 552. The molecule has 21 heavy (non-hydrogen) atoms. The molecule has 0 aliphatic heterocycles. The lowest BCUT2D eigenvalue weighted by atomic mass is 10.1. The van der Waals surface area contributed by atoms with Crippen LogP contribution in [0.25, 0.3) is 10.9 Å². The smallest absolute Gasteiger partial charge is 0.0897 e. The van der Waals surface area contributed by atoms with Crippen LogP contribution in [0.5, 0.6) is 0 Å². The van der Waals surface area contributed by atoms with E-state index < -0.39 is 6.10 Å². The normalized spacial score (nSPS) is 13.0. The first kappa shape index (κ1) is 15.9. The lowest BCUT2D eigenvalue weighted by Gasteiger charge is -2.14. The molecule has 1 unspecified atom stereocenters. The van der Waals surface area contributed by atoms with Gasteiger partial charge in [0.25, 0.3) is 0 Å². The third kappa shape index (κ3) is 5.08. The van der Waals surface area contributed by atoms with E-state index in [9.17, 15) is 5.11 Å². The van der Waals surface area contributed by atoms with Crippen LogP contribution in [0.3, 0.4) is 0 Å². The lowest BCUT2D eigenvalue weighted by Crippen LogP contribution is -2.30. The van der Waals surface area contributed by atoms with Crippen molar-refractivity contribution >= 4 is 10.9 Å². The second-order valence-corrected chi connectivity index (χ2v) is 5.71. The predicted molar refractivity (Wildman–Crippen MR) is 85.1 cm³/mol. The first-order valence-electron chi connectivity index (χ1n) is 7.46. The second-order valence-electron chi connectivity index (χ2n) is 5.71. The molecule has 0 aliphatic rings. The van der Waals surface area contributed by atoms with Crippen molar-refractivity contribution in [3.05, 3.63) is 42.1 Å². The summed E-state index contributed by atoms with van der Waals surface area (Å²) in [7, 11) is 0. The van der Waals surface area contributed by atoms with Crippen LogP contribution in [0.4, 0.5) is 0 Å². The number of fused-ring (bicyclic) bond motifs is 1. The highest BCUT2D eigenvalue weighted by molar-refractivity contribution is 5.81. The number of benzene rings is 1. The summed E-state index contributed by atoms with van der Waals surface area (Å²) < 4.78 is 5.43. The molecule has 0 saturated carbocycles. The molecule has 0 aliphatic carbocycles. The molecule has 2 N–H and O–H groups in total. The maximum absolute atomic E-state index is 9.85. The standard InChI is InChI=1S/C17H24N2O2/c1-13(2)11-21-12-16(20)10-18-9-15-6-3-5-14-7-4-8-19-17(14)15/h3-8,13,16,18,20H,9-12H2,1-2H3. The van der Waals surface area contributed by atoms with Crippen LogP contribution >= 0.6 is 0 Å². The third-order valence-corrected chi connectivity index (χ3v) is 3.17. The van der Waals surface area contributed by atoms with Gasteiger partial charge in [0.2, 0.25) is 0 Å². The molecule has 0 radical (unpaired) electrons. The zero-order valence-corrected chi connectivity index (χ0v) is 12.7. The van der Waals surface area contributed by atoms with E-state index in [1.54, 1.807) is 6.20 Å². The average Bonchev–Trinajstić information content (AvgIpc) is 2.47. The Morgan fingerprint density at radius 1 is 1.19 bits per heavy atom. The minimum absolute atomic E-state index is 0.374. The maximum Gasteiger partial charge on any atom is 0.0897 e. The minimum Gasteiger partial charge on any atom is -0.389 e. The number of para-hydroxylation sites is 1. The Labute approximate surface area is 126 Å². The van der Waals surface area contributed by atoms with Crippen molar-refractivity contribution < 1.29 is 9.84 Å². The molecule has 2 rings (SSSR count). The molecule has 0 spiro atoms. The van der Waals surface area contributed by atoms with Crippen molar-refractivity contribution in [2.24, 2.45) is 5.92 Å². The van der Waals surface area contributed by atoms with Gasteiger partial charge in [-0.25, -0.2) is 0 Å². The van der Waals surface area contributed by atoms with Gasteiger partial charge in [-0.3, -0.25) is 4.98 Å².